The first-order valence-corrected chi connectivity index (χ1v) is 32.3. The fourth-order valence-electron chi connectivity index (χ4n) is 8.34. The summed E-state index contributed by atoms with van der Waals surface area (Å²) in [6.45, 7) is 1.92. The Morgan fingerprint density at radius 3 is 0.986 bits per heavy atom. The highest BCUT2D eigenvalue weighted by Crippen LogP contribution is 2.22. The molecule has 0 aromatic rings. The molecule has 0 saturated heterocycles. The Kier molecular flexibility index (Phi) is 39.5. The molecule has 0 radical (unpaired) electrons. The Bertz CT molecular complexity index is 1470. The zero-order valence-electron chi connectivity index (χ0n) is 42.8. The molecule has 0 rings (SSSR count). The molecule has 0 aliphatic rings. The lowest BCUT2D eigenvalue weighted by molar-refractivity contribution is -0.890. The quantitative estimate of drug-likeness (QED) is 0.0180. The van der Waals surface area contributed by atoms with E-state index in [1.807, 2.05) is 0 Å². The van der Waals surface area contributed by atoms with Crippen molar-refractivity contribution in [3.05, 3.63) is 0 Å². The first kappa shape index (κ1) is 69.4. The minimum atomic E-state index is -4.51. The number of hydrogen-bond acceptors (Lipinski definition) is 18. The molecule has 0 bridgehead atoms. The van der Waals surface area contributed by atoms with Crippen LogP contribution in [0.25, 0.3) is 0 Å². The summed E-state index contributed by atoms with van der Waals surface area (Å²) in [6.07, 6.45) is 16.5. The van der Waals surface area contributed by atoms with E-state index < -0.39 is 74.7 Å². The minimum absolute atomic E-state index is 0.0111. The summed E-state index contributed by atoms with van der Waals surface area (Å²) in [5.41, 5.74) is 0. The van der Waals surface area contributed by atoms with E-state index in [0.717, 1.165) is 19.4 Å². The third-order valence-electron chi connectivity index (χ3n) is 11.9. The number of nitrogens with zero attached hydrogens (tertiary/aromatic N) is 4. The van der Waals surface area contributed by atoms with Crippen molar-refractivity contribution in [3.63, 3.8) is 0 Å². The zero-order valence-corrected chi connectivity index (χ0v) is 46.3. The van der Waals surface area contributed by atoms with Crippen LogP contribution in [0.1, 0.15) is 116 Å². The van der Waals surface area contributed by atoms with Crippen LogP contribution >= 0.6 is 0 Å². The van der Waals surface area contributed by atoms with Gasteiger partial charge in [0.05, 0.1) is 85.1 Å². The van der Waals surface area contributed by atoms with Crippen LogP contribution in [0.5, 0.6) is 0 Å². The van der Waals surface area contributed by atoms with Gasteiger partial charge in [0.25, 0.3) is 30.4 Å². The van der Waals surface area contributed by atoms with Gasteiger partial charge in [-0.3, -0.25) is 28.4 Å². The molecule has 0 aliphatic heterocycles. The smallest absolute Gasteiger partial charge is 0.395 e. The number of quaternary nitrogens is 1. The number of unbranched alkanes of at least 4 members (excludes halogenated alkanes) is 15. The van der Waals surface area contributed by atoms with Gasteiger partial charge in [-0.1, -0.05) is 96.8 Å². The van der Waals surface area contributed by atoms with Gasteiger partial charge in [0, 0.05) is 71.4 Å². The molecule has 0 spiro atoms. The van der Waals surface area contributed by atoms with E-state index in [0.29, 0.717) is 17.4 Å². The molecule has 0 aliphatic carbocycles. The molecular formula is C44H97N4O18S3Si+. The van der Waals surface area contributed by atoms with E-state index in [2.05, 4.69) is 21.0 Å². The summed E-state index contributed by atoms with van der Waals surface area (Å²) in [5.74, 6) is -2.79. The maximum atomic E-state index is 11.4. The van der Waals surface area contributed by atoms with E-state index in [1.165, 1.54) is 105 Å². The highest BCUT2D eigenvalue weighted by Gasteiger charge is 2.42. The number of aliphatic hydroxyl groups is 6. The van der Waals surface area contributed by atoms with Crippen molar-refractivity contribution >= 4 is 39.2 Å². The predicted octanol–water partition coefficient (Wildman–Crippen LogP) is 1.33. The van der Waals surface area contributed by atoms with Gasteiger partial charge in [-0.05, 0) is 12.8 Å². The minimum Gasteiger partial charge on any atom is -0.395 e. The molecule has 3 atom stereocenters. The van der Waals surface area contributed by atoms with Crippen molar-refractivity contribution in [2.45, 2.75) is 140 Å². The van der Waals surface area contributed by atoms with Gasteiger partial charge < -0.3 is 48.4 Å². The van der Waals surface area contributed by atoms with Crippen LogP contribution in [0, 0.1) is 0 Å². The largest absolute Gasteiger partial charge is 0.501 e. The molecular weight excluding hydrogens is 997 g/mol. The summed E-state index contributed by atoms with van der Waals surface area (Å²) in [7, 11) is -13.1. The van der Waals surface area contributed by atoms with Gasteiger partial charge in [0.2, 0.25) is 0 Å². The number of rotatable bonds is 51. The molecule has 422 valence electrons. The Hall–Kier alpha value is -0.573. The SMILES string of the molecule is CCCCCCCCCCCCCCCCCC[N+](C)(C)CCC[Si](OCCN(CCO)CC(O)CS(=O)(=O)O)(OCCN(CCO)CC(O)CS(=O)(=O)O)OCCN(CCO)CC(O)CS(=O)(=O)O. The second kappa shape index (κ2) is 39.8. The monoisotopic (exact) mass is 1090 g/mol. The molecule has 0 saturated carbocycles. The summed E-state index contributed by atoms with van der Waals surface area (Å²) in [6, 6.07) is 0.260. The van der Waals surface area contributed by atoms with E-state index >= 15 is 0 Å². The topological polar surface area (TPSA) is 322 Å². The molecule has 9 N–H and O–H groups in total. The molecule has 26 heteroatoms. The molecule has 22 nitrogen and oxygen atoms in total. The van der Waals surface area contributed by atoms with Gasteiger partial charge in [0.15, 0.2) is 0 Å². The molecule has 0 amide bonds. The van der Waals surface area contributed by atoms with Crippen LogP contribution in [-0.2, 0) is 43.6 Å². The van der Waals surface area contributed by atoms with E-state index in [4.69, 9.17) is 13.3 Å². The average Bonchev–Trinajstić information content (AvgIpc) is 3.21. The molecule has 3 unspecified atom stereocenters. The van der Waals surface area contributed by atoms with Crippen molar-refractivity contribution in [3.8, 4) is 0 Å². The van der Waals surface area contributed by atoms with Gasteiger partial charge in [-0.25, -0.2) is 0 Å². The zero-order chi connectivity index (χ0) is 53.0. The standard InChI is InChI=1S/C44H96N4O18S3Si/c1-4-5-6-7-8-9-10-11-12-13-14-15-16-17-18-19-27-48(2,3)28-20-35-70(64-32-24-45(21-29-49)36-42(52)39-67(55,56)57,65-33-25-46(22-30-50)37-43(53)40-68(58,59)60)66-34-26-47(23-31-51)38-44(54)41-69(61,62)63/h42-44,49-54H,4-41H2,1-3H3,(H2-,55,56,57,58,59,60,61,62,63)/p+1. The van der Waals surface area contributed by atoms with Crippen LogP contribution in [0.4, 0.5) is 0 Å². The third kappa shape index (κ3) is 42.7. The van der Waals surface area contributed by atoms with Crippen molar-refractivity contribution < 1.29 is 87.3 Å². The summed E-state index contributed by atoms with van der Waals surface area (Å²) < 4.78 is 117. The fourth-order valence-corrected chi connectivity index (χ4v) is 12.6. The predicted molar refractivity (Wildman–Crippen MR) is 272 cm³/mol. The van der Waals surface area contributed by atoms with Gasteiger partial charge in [-0.2, -0.15) is 25.3 Å². The molecule has 70 heavy (non-hydrogen) atoms. The van der Waals surface area contributed by atoms with Gasteiger partial charge in [-0.15, -0.1) is 0 Å². The maximum Gasteiger partial charge on any atom is 0.501 e. The second-order valence-corrected chi connectivity index (χ2v) is 26.5. The van der Waals surface area contributed by atoms with Crippen LogP contribution < -0.4 is 0 Å². The lowest BCUT2D eigenvalue weighted by Gasteiger charge is -2.35. The normalized spacial score (nSPS) is 15.3. The van der Waals surface area contributed by atoms with E-state index in [-0.39, 0.29) is 105 Å². The van der Waals surface area contributed by atoms with Crippen molar-refractivity contribution in [1.29, 1.82) is 0 Å². The molecule has 0 fully saturated rings. The molecule has 0 heterocycles. The third-order valence-corrected chi connectivity index (χ3v) is 17.2. The first-order chi connectivity index (χ1) is 32.9. The molecule has 0 aromatic carbocycles. The first-order valence-electron chi connectivity index (χ1n) is 25.5. The number of hydrogen-bond donors (Lipinski definition) is 9. The lowest BCUT2D eigenvalue weighted by atomic mass is 10.0. The average molecular weight is 1090 g/mol. The van der Waals surface area contributed by atoms with Crippen LogP contribution in [-0.4, -0.2) is 259 Å². The lowest BCUT2D eigenvalue weighted by Crippen LogP contribution is -2.52. The fraction of sp³-hybridized carbons (Fsp3) is 1.00. The Morgan fingerprint density at radius 1 is 0.443 bits per heavy atom. The van der Waals surface area contributed by atoms with Gasteiger partial charge >= 0.3 is 8.80 Å². The Morgan fingerprint density at radius 2 is 0.714 bits per heavy atom. The highest BCUT2D eigenvalue weighted by molar-refractivity contribution is 7.86. The highest BCUT2D eigenvalue weighted by atomic mass is 32.2. The van der Waals surface area contributed by atoms with Crippen molar-refractivity contribution in [2.24, 2.45) is 0 Å². The van der Waals surface area contributed by atoms with Crippen LogP contribution in [0.3, 0.4) is 0 Å². The van der Waals surface area contributed by atoms with Crippen LogP contribution in [0.15, 0.2) is 0 Å². The Labute approximate surface area is 422 Å². The van der Waals surface area contributed by atoms with Gasteiger partial charge in [0.1, 0.15) is 17.3 Å². The van der Waals surface area contributed by atoms with E-state index in [9.17, 15) is 69.6 Å². The summed E-state index contributed by atoms with van der Waals surface area (Å²) in [5, 5.41) is 60.4. The maximum absolute atomic E-state index is 11.4. The summed E-state index contributed by atoms with van der Waals surface area (Å²) in [4.78, 5) is 4.60. The molecule has 0 aromatic heterocycles. The van der Waals surface area contributed by atoms with Crippen LogP contribution in [0.2, 0.25) is 6.04 Å². The number of aliphatic hydroxyl groups excluding tert-OH is 6. The summed E-state index contributed by atoms with van der Waals surface area (Å²) >= 11 is 0. The van der Waals surface area contributed by atoms with Crippen molar-refractivity contribution in [2.75, 3.05) is 143 Å². The Balaban J connectivity index is 6.08. The van der Waals surface area contributed by atoms with Crippen molar-refractivity contribution in [1.82, 2.24) is 14.7 Å². The second-order valence-electron chi connectivity index (χ2n) is 19.3. The van der Waals surface area contributed by atoms with E-state index in [1.54, 1.807) is 0 Å².